The van der Waals surface area contributed by atoms with Crippen LogP contribution < -0.4 is 5.73 Å². The van der Waals surface area contributed by atoms with Crippen LogP contribution in [-0.2, 0) is 9.09 Å². The number of nitrogens with zero attached hydrogens (tertiary/aromatic N) is 4. The molecule has 2 atom stereocenters. The molecule has 0 unspecified atom stereocenters. The summed E-state index contributed by atoms with van der Waals surface area (Å²) in [5, 5.41) is 0. The van der Waals surface area contributed by atoms with Gasteiger partial charge in [0.15, 0.2) is 11.5 Å². The fourth-order valence-corrected chi connectivity index (χ4v) is 3.18. The Labute approximate surface area is 114 Å². The lowest BCUT2D eigenvalue weighted by molar-refractivity contribution is 0.135. The van der Waals surface area contributed by atoms with Crippen molar-refractivity contribution in [2.75, 3.05) is 5.73 Å². The van der Waals surface area contributed by atoms with Gasteiger partial charge in [0.25, 0.3) is 0 Å². The van der Waals surface area contributed by atoms with Crippen molar-refractivity contribution in [2.24, 2.45) is 0 Å². The Morgan fingerprint density at radius 3 is 2.90 bits per heavy atom. The van der Waals surface area contributed by atoms with Crippen molar-refractivity contribution in [3.8, 4) is 0 Å². The first-order chi connectivity index (χ1) is 9.44. The van der Waals surface area contributed by atoms with Gasteiger partial charge in [-0.1, -0.05) is 0 Å². The fraction of sp³-hybridized carbons (Fsp3) is 0.500. The van der Waals surface area contributed by atoms with E-state index in [1.165, 1.54) is 6.33 Å². The molecule has 0 radical (unpaired) electrons. The van der Waals surface area contributed by atoms with Crippen LogP contribution in [0.25, 0.3) is 11.2 Å². The van der Waals surface area contributed by atoms with Crippen LogP contribution in [0.5, 0.6) is 0 Å². The summed E-state index contributed by atoms with van der Waals surface area (Å²) in [5.41, 5.74) is 6.88. The molecule has 0 spiro atoms. The van der Waals surface area contributed by atoms with Crippen molar-refractivity contribution in [2.45, 2.75) is 31.4 Å². The number of nitrogens with two attached hydrogens (primary N) is 1. The largest absolute Gasteiger partial charge is 0.469 e. The predicted octanol–water partition coefficient (Wildman–Crippen LogP) is 0.611. The lowest BCUT2D eigenvalue weighted by atomic mass is 10.2. The van der Waals surface area contributed by atoms with Gasteiger partial charge in [-0.15, -0.1) is 0 Å². The smallest absolute Gasteiger partial charge is 0.382 e. The van der Waals surface area contributed by atoms with Gasteiger partial charge in [-0.3, -0.25) is 4.52 Å². The van der Waals surface area contributed by atoms with E-state index in [1.54, 1.807) is 6.33 Å². The number of nitrogen functional groups attached to an aromatic ring is 1. The minimum absolute atomic E-state index is 0.0332. The number of phosphoric ester groups is 1. The highest BCUT2D eigenvalue weighted by molar-refractivity contribution is 7.46. The Hall–Kier alpha value is -1.54. The van der Waals surface area contributed by atoms with Crippen molar-refractivity contribution in [3.05, 3.63) is 12.7 Å². The number of anilines is 1. The second kappa shape index (κ2) is 4.78. The molecule has 0 saturated heterocycles. The van der Waals surface area contributed by atoms with Gasteiger partial charge in [-0.2, -0.15) is 0 Å². The number of phosphoric acid groups is 1. The molecule has 1 fully saturated rings. The van der Waals surface area contributed by atoms with E-state index in [9.17, 15) is 4.57 Å². The van der Waals surface area contributed by atoms with Crippen LogP contribution in [0.2, 0.25) is 0 Å². The number of rotatable bonds is 3. The minimum Gasteiger partial charge on any atom is -0.382 e. The summed E-state index contributed by atoms with van der Waals surface area (Å²) < 4.78 is 17.4. The molecule has 10 heteroatoms. The topological polar surface area (TPSA) is 136 Å². The summed E-state index contributed by atoms with van der Waals surface area (Å²) in [6.45, 7) is 0. The van der Waals surface area contributed by atoms with Gasteiger partial charge in [0.1, 0.15) is 11.8 Å². The monoisotopic (exact) mass is 299 g/mol. The summed E-state index contributed by atoms with van der Waals surface area (Å²) in [4.78, 5) is 29.9. The maximum absolute atomic E-state index is 10.9. The summed E-state index contributed by atoms with van der Waals surface area (Å²) >= 11 is 0. The molecule has 1 saturated carbocycles. The van der Waals surface area contributed by atoms with E-state index in [-0.39, 0.29) is 6.04 Å². The van der Waals surface area contributed by atoms with Crippen LogP contribution in [0, 0.1) is 0 Å². The standard InChI is InChI=1S/C10H14N5O4P/c11-9-8-10(13-4-12-9)15(5-14-8)6-1-2-7(3-6)19-20(16,17)18/h4-7H,1-3H2,(H2,11,12,13)(H2,16,17,18)/t6-,7-/m1/s1. The molecule has 9 nitrogen and oxygen atoms in total. The fourth-order valence-electron chi connectivity index (χ4n) is 2.60. The van der Waals surface area contributed by atoms with E-state index < -0.39 is 13.9 Å². The van der Waals surface area contributed by atoms with Gasteiger partial charge in [-0.25, -0.2) is 19.5 Å². The third-order valence-corrected chi connectivity index (χ3v) is 4.00. The first kappa shape index (κ1) is 13.4. The zero-order valence-corrected chi connectivity index (χ0v) is 11.3. The molecule has 20 heavy (non-hydrogen) atoms. The quantitative estimate of drug-likeness (QED) is 0.701. The minimum atomic E-state index is -4.44. The van der Waals surface area contributed by atoms with E-state index in [4.69, 9.17) is 20.0 Å². The Morgan fingerprint density at radius 2 is 2.15 bits per heavy atom. The van der Waals surface area contributed by atoms with Gasteiger partial charge in [0.05, 0.1) is 12.4 Å². The zero-order chi connectivity index (χ0) is 14.3. The van der Waals surface area contributed by atoms with Crippen molar-refractivity contribution in [1.29, 1.82) is 0 Å². The molecule has 0 aromatic carbocycles. The normalized spacial score (nSPS) is 23.5. The Morgan fingerprint density at radius 1 is 1.35 bits per heavy atom. The highest BCUT2D eigenvalue weighted by Gasteiger charge is 2.32. The van der Waals surface area contributed by atoms with Crippen molar-refractivity contribution < 1.29 is 18.9 Å². The van der Waals surface area contributed by atoms with Crippen LogP contribution in [-0.4, -0.2) is 35.4 Å². The van der Waals surface area contributed by atoms with Crippen LogP contribution in [0.15, 0.2) is 12.7 Å². The molecule has 0 amide bonds. The van der Waals surface area contributed by atoms with Gasteiger partial charge in [0.2, 0.25) is 0 Å². The number of fused-ring (bicyclic) bond motifs is 1. The molecule has 4 N–H and O–H groups in total. The Balaban J connectivity index is 1.83. The molecule has 3 rings (SSSR count). The second-order valence-corrected chi connectivity index (χ2v) is 5.96. The summed E-state index contributed by atoms with van der Waals surface area (Å²) in [7, 11) is -4.44. The van der Waals surface area contributed by atoms with E-state index >= 15 is 0 Å². The summed E-state index contributed by atoms with van der Waals surface area (Å²) in [6.07, 6.45) is 4.35. The first-order valence-electron chi connectivity index (χ1n) is 6.11. The van der Waals surface area contributed by atoms with Crippen molar-refractivity contribution in [1.82, 2.24) is 19.5 Å². The van der Waals surface area contributed by atoms with Gasteiger partial charge >= 0.3 is 7.82 Å². The number of hydrogen-bond acceptors (Lipinski definition) is 6. The van der Waals surface area contributed by atoms with Crippen molar-refractivity contribution in [3.63, 3.8) is 0 Å². The van der Waals surface area contributed by atoms with Gasteiger partial charge in [0, 0.05) is 6.04 Å². The van der Waals surface area contributed by atoms with E-state index in [0.29, 0.717) is 29.8 Å². The Kier molecular flexibility index (Phi) is 3.21. The first-order valence-corrected chi connectivity index (χ1v) is 7.64. The molecular formula is C10H14N5O4P. The second-order valence-electron chi connectivity index (χ2n) is 4.77. The average Bonchev–Trinajstić information content (AvgIpc) is 2.93. The van der Waals surface area contributed by atoms with Crippen molar-refractivity contribution >= 4 is 24.8 Å². The van der Waals surface area contributed by atoms with Gasteiger partial charge < -0.3 is 20.1 Å². The molecule has 2 heterocycles. The van der Waals surface area contributed by atoms with Crippen LogP contribution in [0.1, 0.15) is 25.3 Å². The van der Waals surface area contributed by atoms with Crippen LogP contribution in [0.3, 0.4) is 0 Å². The molecule has 0 aliphatic heterocycles. The van der Waals surface area contributed by atoms with Gasteiger partial charge in [-0.05, 0) is 19.3 Å². The van der Waals surface area contributed by atoms with Crippen LogP contribution in [0.4, 0.5) is 5.82 Å². The molecular weight excluding hydrogens is 285 g/mol. The van der Waals surface area contributed by atoms with Crippen LogP contribution >= 0.6 is 7.82 Å². The summed E-state index contributed by atoms with van der Waals surface area (Å²) in [6, 6.07) is 0.0332. The molecule has 0 bridgehead atoms. The van der Waals surface area contributed by atoms with E-state index in [2.05, 4.69) is 15.0 Å². The number of imidazole rings is 1. The summed E-state index contributed by atoms with van der Waals surface area (Å²) in [5.74, 6) is 0.315. The third-order valence-electron chi connectivity index (χ3n) is 3.42. The molecule has 1 aliphatic carbocycles. The van der Waals surface area contributed by atoms with E-state index in [0.717, 1.165) is 6.42 Å². The molecule has 2 aromatic rings. The maximum Gasteiger partial charge on any atom is 0.469 e. The average molecular weight is 299 g/mol. The number of aromatic nitrogens is 4. The Bertz CT molecular complexity index is 683. The SMILES string of the molecule is Nc1ncnc2c1ncn2[C@@H]1CC[C@@H](OP(=O)(O)O)C1. The molecule has 2 aromatic heterocycles. The highest BCUT2D eigenvalue weighted by Crippen LogP contribution is 2.44. The maximum atomic E-state index is 10.9. The zero-order valence-electron chi connectivity index (χ0n) is 10.5. The lowest BCUT2D eigenvalue weighted by Crippen LogP contribution is -2.09. The number of hydrogen-bond donors (Lipinski definition) is 3. The molecule has 1 aliphatic rings. The molecule has 108 valence electrons. The predicted molar refractivity (Wildman–Crippen MR) is 69.5 cm³/mol. The lowest BCUT2D eigenvalue weighted by Gasteiger charge is -2.14. The third kappa shape index (κ3) is 2.53. The highest BCUT2D eigenvalue weighted by atomic mass is 31.2. The van der Waals surface area contributed by atoms with E-state index in [1.807, 2.05) is 4.57 Å².